The maximum atomic E-state index is 12.5. The monoisotopic (exact) mass is 370 g/mol. The lowest BCUT2D eigenvalue weighted by Gasteiger charge is -2.12. The zero-order valence-corrected chi connectivity index (χ0v) is 14.9. The number of hydrogen-bond donors (Lipinski definition) is 2. The predicted octanol–water partition coefficient (Wildman–Crippen LogP) is 2.56. The number of benzene rings is 2. The Balaban J connectivity index is 1.72. The van der Waals surface area contributed by atoms with Gasteiger partial charge in [-0.1, -0.05) is 24.3 Å². The fourth-order valence-electron chi connectivity index (χ4n) is 2.43. The first-order valence-corrected chi connectivity index (χ1v) is 9.73. The van der Waals surface area contributed by atoms with Gasteiger partial charge in [-0.3, -0.25) is 9.52 Å². The van der Waals surface area contributed by atoms with E-state index in [4.69, 9.17) is 0 Å². The number of imidazole rings is 1. The second-order valence-corrected chi connectivity index (χ2v) is 7.55. The molecule has 1 aromatic heterocycles. The quantitative estimate of drug-likeness (QED) is 0.697. The van der Waals surface area contributed by atoms with Crippen molar-refractivity contribution in [3.05, 3.63) is 78.4 Å². The summed E-state index contributed by atoms with van der Waals surface area (Å²) in [4.78, 5) is 16.5. The molecule has 0 aliphatic rings. The van der Waals surface area contributed by atoms with Gasteiger partial charge in [0.05, 0.1) is 24.0 Å². The molecule has 0 bridgehead atoms. The standard InChI is InChI=1S/C18H18N4O3S/c1-26(24,25)21-17-5-3-2-4-16(17)20-18(23)15-8-6-14(7-9-15)12-22-11-10-19-13-22/h2-11,13,21H,12H2,1H3,(H,20,23). The summed E-state index contributed by atoms with van der Waals surface area (Å²) in [6, 6.07) is 13.8. The Morgan fingerprint density at radius 3 is 2.38 bits per heavy atom. The maximum absolute atomic E-state index is 12.5. The number of rotatable bonds is 6. The Kier molecular flexibility index (Phi) is 5.04. The Morgan fingerprint density at radius 2 is 1.77 bits per heavy atom. The number of aromatic nitrogens is 2. The van der Waals surface area contributed by atoms with Crippen LogP contribution in [-0.2, 0) is 16.6 Å². The van der Waals surface area contributed by atoms with Gasteiger partial charge in [-0.05, 0) is 29.8 Å². The van der Waals surface area contributed by atoms with Crippen LogP contribution in [0.4, 0.5) is 11.4 Å². The Bertz CT molecular complexity index is 997. The van der Waals surface area contributed by atoms with Crippen LogP contribution in [0.1, 0.15) is 15.9 Å². The Morgan fingerprint density at radius 1 is 1.08 bits per heavy atom. The van der Waals surface area contributed by atoms with E-state index in [1.165, 1.54) is 0 Å². The second-order valence-electron chi connectivity index (χ2n) is 5.81. The van der Waals surface area contributed by atoms with Gasteiger partial charge in [0.25, 0.3) is 5.91 Å². The van der Waals surface area contributed by atoms with Gasteiger partial charge in [-0.25, -0.2) is 13.4 Å². The largest absolute Gasteiger partial charge is 0.333 e. The molecule has 26 heavy (non-hydrogen) atoms. The third kappa shape index (κ3) is 4.70. The van der Waals surface area contributed by atoms with Crippen LogP contribution in [0, 0.1) is 0 Å². The van der Waals surface area contributed by atoms with Crippen molar-refractivity contribution < 1.29 is 13.2 Å². The highest BCUT2D eigenvalue weighted by molar-refractivity contribution is 7.92. The molecule has 3 rings (SSSR count). The number of nitrogens with zero attached hydrogens (tertiary/aromatic N) is 2. The molecule has 0 atom stereocenters. The molecule has 2 aromatic carbocycles. The minimum absolute atomic E-state index is 0.318. The molecule has 7 nitrogen and oxygen atoms in total. The van der Waals surface area contributed by atoms with E-state index in [0.717, 1.165) is 11.8 Å². The zero-order valence-electron chi connectivity index (χ0n) is 14.1. The van der Waals surface area contributed by atoms with E-state index < -0.39 is 10.0 Å². The molecule has 3 aromatic rings. The molecule has 1 heterocycles. The van der Waals surface area contributed by atoms with E-state index >= 15 is 0 Å². The molecule has 1 amide bonds. The summed E-state index contributed by atoms with van der Waals surface area (Å²) in [6.07, 6.45) is 6.37. The average Bonchev–Trinajstić information content (AvgIpc) is 3.09. The SMILES string of the molecule is CS(=O)(=O)Nc1ccccc1NC(=O)c1ccc(Cn2ccnc2)cc1. The van der Waals surface area contributed by atoms with E-state index in [0.29, 0.717) is 23.5 Å². The van der Waals surface area contributed by atoms with Crippen molar-refractivity contribution in [2.75, 3.05) is 16.3 Å². The van der Waals surface area contributed by atoms with Crippen molar-refractivity contribution in [3.8, 4) is 0 Å². The molecule has 0 spiro atoms. The van der Waals surface area contributed by atoms with Crippen molar-refractivity contribution in [1.82, 2.24) is 9.55 Å². The maximum Gasteiger partial charge on any atom is 0.255 e. The molecule has 8 heteroatoms. The smallest absolute Gasteiger partial charge is 0.255 e. The van der Waals surface area contributed by atoms with Gasteiger partial charge in [0, 0.05) is 24.5 Å². The molecule has 0 unspecified atom stereocenters. The number of para-hydroxylation sites is 2. The molecular weight excluding hydrogens is 352 g/mol. The van der Waals surface area contributed by atoms with Crippen molar-refractivity contribution in [3.63, 3.8) is 0 Å². The summed E-state index contributed by atoms with van der Waals surface area (Å²) < 4.78 is 27.2. The molecule has 134 valence electrons. The normalized spacial score (nSPS) is 11.1. The van der Waals surface area contributed by atoms with Crippen LogP contribution in [0.3, 0.4) is 0 Å². The van der Waals surface area contributed by atoms with E-state index in [2.05, 4.69) is 15.0 Å². The summed E-state index contributed by atoms with van der Waals surface area (Å²) in [7, 11) is -3.44. The minimum atomic E-state index is -3.44. The third-order valence-corrected chi connectivity index (χ3v) is 4.20. The molecule has 0 aliphatic heterocycles. The number of amides is 1. The van der Waals surface area contributed by atoms with Crippen LogP contribution >= 0.6 is 0 Å². The Labute approximate surface area is 151 Å². The van der Waals surface area contributed by atoms with Gasteiger partial charge in [-0.2, -0.15) is 0 Å². The van der Waals surface area contributed by atoms with Crippen molar-refractivity contribution in [2.24, 2.45) is 0 Å². The van der Waals surface area contributed by atoms with Crippen LogP contribution in [-0.4, -0.2) is 30.1 Å². The topological polar surface area (TPSA) is 93.1 Å². The van der Waals surface area contributed by atoms with Gasteiger partial charge in [0.15, 0.2) is 0 Å². The molecule has 0 saturated heterocycles. The third-order valence-electron chi connectivity index (χ3n) is 3.61. The van der Waals surface area contributed by atoms with E-state index in [-0.39, 0.29) is 5.91 Å². The van der Waals surface area contributed by atoms with E-state index in [1.807, 2.05) is 22.9 Å². The summed E-state index contributed by atoms with van der Waals surface area (Å²) >= 11 is 0. The van der Waals surface area contributed by atoms with E-state index in [1.54, 1.807) is 48.9 Å². The lowest BCUT2D eigenvalue weighted by molar-refractivity contribution is 0.102. The van der Waals surface area contributed by atoms with Crippen LogP contribution in [0.2, 0.25) is 0 Å². The van der Waals surface area contributed by atoms with Crippen molar-refractivity contribution >= 4 is 27.3 Å². The van der Waals surface area contributed by atoms with Gasteiger partial charge < -0.3 is 9.88 Å². The first-order chi connectivity index (χ1) is 12.4. The van der Waals surface area contributed by atoms with Crippen molar-refractivity contribution in [1.29, 1.82) is 0 Å². The fourth-order valence-corrected chi connectivity index (χ4v) is 3.01. The first kappa shape index (κ1) is 17.7. The summed E-state index contributed by atoms with van der Waals surface area (Å²) in [5, 5.41) is 2.73. The number of sulfonamides is 1. The van der Waals surface area contributed by atoms with E-state index in [9.17, 15) is 13.2 Å². The second kappa shape index (κ2) is 7.40. The molecular formula is C18H18N4O3S. The molecule has 0 aliphatic carbocycles. The van der Waals surface area contributed by atoms with Crippen LogP contribution in [0.15, 0.2) is 67.3 Å². The molecule has 2 N–H and O–H groups in total. The summed E-state index contributed by atoms with van der Waals surface area (Å²) in [6.45, 7) is 0.670. The summed E-state index contributed by atoms with van der Waals surface area (Å²) in [5.74, 6) is -0.318. The van der Waals surface area contributed by atoms with Gasteiger partial charge in [0.2, 0.25) is 10.0 Å². The lowest BCUT2D eigenvalue weighted by atomic mass is 10.1. The van der Waals surface area contributed by atoms with Crippen molar-refractivity contribution in [2.45, 2.75) is 6.54 Å². The number of anilines is 2. The number of carbonyl (C=O) groups is 1. The lowest BCUT2D eigenvalue weighted by Crippen LogP contribution is -2.16. The molecule has 0 fully saturated rings. The van der Waals surface area contributed by atoms with Gasteiger partial charge in [0.1, 0.15) is 0 Å². The summed E-state index contributed by atoms with van der Waals surface area (Å²) in [5.41, 5.74) is 2.23. The van der Waals surface area contributed by atoms with Crippen LogP contribution in [0.25, 0.3) is 0 Å². The van der Waals surface area contributed by atoms with Gasteiger partial charge in [-0.15, -0.1) is 0 Å². The molecule has 0 saturated carbocycles. The zero-order chi connectivity index (χ0) is 18.6. The highest BCUT2D eigenvalue weighted by Crippen LogP contribution is 2.22. The first-order valence-electron chi connectivity index (χ1n) is 7.83. The van der Waals surface area contributed by atoms with Crippen LogP contribution < -0.4 is 10.0 Å². The number of hydrogen-bond acceptors (Lipinski definition) is 4. The molecule has 0 radical (unpaired) electrons. The Hall–Kier alpha value is -3.13. The fraction of sp³-hybridized carbons (Fsp3) is 0.111. The minimum Gasteiger partial charge on any atom is -0.333 e. The number of carbonyl (C=O) groups excluding carboxylic acids is 1. The number of nitrogens with one attached hydrogen (secondary N) is 2. The average molecular weight is 370 g/mol. The highest BCUT2D eigenvalue weighted by atomic mass is 32.2. The highest BCUT2D eigenvalue weighted by Gasteiger charge is 2.11. The predicted molar refractivity (Wildman–Crippen MR) is 101 cm³/mol. The van der Waals surface area contributed by atoms with Gasteiger partial charge >= 0.3 is 0 Å². The van der Waals surface area contributed by atoms with Crippen LogP contribution in [0.5, 0.6) is 0 Å².